The summed E-state index contributed by atoms with van der Waals surface area (Å²) in [6.07, 6.45) is 4.97. The molecule has 0 aliphatic carbocycles. The minimum Gasteiger partial charge on any atom is -0.259 e. The predicted octanol–water partition coefficient (Wildman–Crippen LogP) is 0.934. The quantitative estimate of drug-likeness (QED) is 0.738. The first-order valence-electron chi connectivity index (χ1n) is 7.89. The predicted molar refractivity (Wildman–Crippen MR) is 89.9 cm³/mol. The molecule has 1 fully saturated rings. The highest BCUT2D eigenvalue weighted by atomic mass is 32.2. The number of aromatic nitrogens is 5. The van der Waals surface area contributed by atoms with E-state index in [9.17, 15) is 8.42 Å². The molecular weight excluding hydrogens is 342 g/mol. The largest absolute Gasteiger partial charge is 0.259 e. The van der Waals surface area contributed by atoms with Crippen LogP contribution in [0.1, 0.15) is 24.3 Å². The number of nitriles is 1. The zero-order chi connectivity index (χ0) is 17.4. The molecule has 25 heavy (non-hydrogen) atoms. The number of fused-ring (bicyclic) bond motifs is 3. The number of sulfonamides is 1. The van der Waals surface area contributed by atoms with Gasteiger partial charge in [-0.1, -0.05) is 0 Å². The molecule has 0 radical (unpaired) electrons. The number of nitrogens with one attached hydrogen (secondary N) is 1. The Balaban J connectivity index is 1.79. The SMILES string of the molecule is N#CCS(=O)(=O)N1CCCC(c2cn[nH]c3nnc4nccc4c23)C1. The van der Waals surface area contributed by atoms with Gasteiger partial charge in [0.2, 0.25) is 10.0 Å². The van der Waals surface area contributed by atoms with E-state index in [1.165, 1.54) is 4.31 Å². The first-order valence-corrected chi connectivity index (χ1v) is 9.50. The van der Waals surface area contributed by atoms with Crippen LogP contribution in [0.3, 0.4) is 0 Å². The molecular formula is C15H15N7O2S. The molecule has 3 aromatic rings. The second-order valence-corrected chi connectivity index (χ2v) is 8.01. The fourth-order valence-corrected chi connectivity index (χ4v) is 4.57. The van der Waals surface area contributed by atoms with Gasteiger partial charge in [0, 0.05) is 36.0 Å². The third kappa shape index (κ3) is 2.71. The highest BCUT2D eigenvalue weighted by Crippen LogP contribution is 2.34. The number of rotatable bonds is 3. The summed E-state index contributed by atoms with van der Waals surface area (Å²) >= 11 is 0. The molecule has 9 nitrogen and oxygen atoms in total. The molecule has 4 heterocycles. The Morgan fingerprint density at radius 1 is 1.40 bits per heavy atom. The lowest BCUT2D eigenvalue weighted by Crippen LogP contribution is -2.40. The molecule has 0 saturated carbocycles. The van der Waals surface area contributed by atoms with Crippen molar-refractivity contribution in [3.63, 3.8) is 0 Å². The van der Waals surface area contributed by atoms with Gasteiger partial charge in [0.25, 0.3) is 0 Å². The van der Waals surface area contributed by atoms with Crippen LogP contribution in [-0.2, 0) is 10.0 Å². The molecule has 0 amide bonds. The lowest BCUT2D eigenvalue weighted by Gasteiger charge is -2.31. The van der Waals surface area contributed by atoms with E-state index in [2.05, 4.69) is 25.4 Å². The average Bonchev–Trinajstić information content (AvgIpc) is 3.10. The van der Waals surface area contributed by atoms with E-state index in [4.69, 9.17) is 5.26 Å². The second kappa shape index (κ2) is 6.02. The minimum absolute atomic E-state index is 0.0193. The number of H-pyrrole nitrogens is 1. The zero-order valence-corrected chi connectivity index (χ0v) is 14.1. The molecule has 10 heteroatoms. The first-order chi connectivity index (χ1) is 12.1. The van der Waals surface area contributed by atoms with Crippen molar-refractivity contribution in [1.82, 2.24) is 29.7 Å². The highest BCUT2D eigenvalue weighted by Gasteiger charge is 2.31. The van der Waals surface area contributed by atoms with E-state index >= 15 is 0 Å². The van der Waals surface area contributed by atoms with Crippen LogP contribution < -0.4 is 0 Å². The van der Waals surface area contributed by atoms with Crippen LogP contribution in [0.4, 0.5) is 0 Å². The maximum Gasteiger partial charge on any atom is 0.227 e. The Labute approximate surface area is 143 Å². The molecule has 0 bridgehead atoms. The van der Waals surface area contributed by atoms with E-state index in [1.54, 1.807) is 18.5 Å². The smallest absolute Gasteiger partial charge is 0.227 e. The first kappa shape index (κ1) is 15.9. The second-order valence-electron chi connectivity index (χ2n) is 6.04. The van der Waals surface area contributed by atoms with Gasteiger partial charge in [-0.2, -0.15) is 10.4 Å². The van der Waals surface area contributed by atoms with Gasteiger partial charge in [0.05, 0.1) is 12.3 Å². The number of hydrogen-bond donors (Lipinski definition) is 1. The van der Waals surface area contributed by atoms with Gasteiger partial charge in [-0.25, -0.2) is 17.7 Å². The van der Waals surface area contributed by atoms with Gasteiger partial charge in [-0.15, -0.1) is 10.2 Å². The van der Waals surface area contributed by atoms with Crippen LogP contribution in [0, 0.1) is 11.3 Å². The van der Waals surface area contributed by atoms with Crippen molar-refractivity contribution in [3.8, 4) is 6.07 Å². The van der Waals surface area contributed by atoms with E-state index in [0.717, 1.165) is 29.2 Å². The molecule has 0 aromatic carbocycles. The van der Waals surface area contributed by atoms with Gasteiger partial charge in [-0.05, 0) is 24.5 Å². The third-order valence-corrected chi connectivity index (χ3v) is 6.17. The van der Waals surface area contributed by atoms with Crippen molar-refractivity contribution >= 4 is 32.1 Å². The fraction of sp³-hybridized carbons (Fsp3) is 0.400. The summed E-state index contributed by atoms with van der Waals surface area (Å²) in [5, 5.41) is 25.7. The average molecular weight is 357 g/mol. The standard InChI is InChI=1S/C15H15N7O2S/c16-4-7-25(23,24)22-6-1-2-10(9-22)12-8-18-19-15-13(12)11-3-5-17-14(11)20-21-15/h3,5,8,10H,1-2,6-7,9H2,(H,19,21). The van der Waals surface area contributed by atoms with Crippen LogP contribution in [0.2, 0.25) is 0 Å². The number of piperidine rings is 1. The molecule has 4 rings (SSSR count). The fourth-order valence-electron chi connectivity index (χ4n) is 3.41. The van der Waals surface area contributed by atoms with E-state index in [-0.39, 0.29) is 5.92 Å². The van der Waals surface area contributed by atoms with Crippen molar-refractivity contribution in [2.24, 2.45) is 0 Å². The van der Waals surface area contributed by atoms with Crippen molar-refractivity contribution in [1.29, 1.82) is 5.26 Å². The summed E-state index contributed by atoms with van der Waals surface area (Å²) in [4.78, 5) is 4.18. The lowest BCUT2D eigenvalue weighted by molar-refractivity contribution is 0.317. The van der Waals surface area contributed by atoms with Crippen LogP contribution in [-0.4, -0.2) is 56.9 Å². The number of hydrogen-bond acceptors (Lipinski definition) is 7. The molecule has 1 aliphatic heterocycles. The maximum absolute atomic E-state index is 12.2. The van der Waals surface area contributed by atoms with Crippen molar-refractivity contribution < 1.29 is 8.42 Å². The van der Waals surface area contributed by atoms with Crippen LogP contribution >= 0.6 is 0 Å². The monoisotopic (exact) mass is 357 g/mol. The maximum atomic E-state index is 12.2. The van der Waals surface area contributed by atoms with Gasteiger partial charge in [-0.3, -0.25) is 5.10 Å². The Morgan fingerprint density at radius 2 is 2.28 bits per heavy atom. The Morgan fingerprint density at radius 3 is 3.12 bits per heavy atom. The topological polar surface area (TPSA) is 129 Å². The van der Waals surface area contributed by atoms with Crippen LogP contribution in [0.5, 0.6) is 0 Å². The van der Waals surface area contributed by atoms with Gasteiger partial charge >= 0.3 is 0 Å². The van der Waals surface area contributed by atoms with Crippen LogP contribution in [0.15, 0.2) is 18.5 Å². The van der Waals surface area contributed by atoms with Crippen molar-refractivity contribution in [2.75, 3.05) is 18.8 Å². The normalized spacial score (nSPS) is 19.2. The van der Waals surface area contributed by atoms with Crippen LogP contribution in [0.25, 0.3) is 22.1 Å². The zero-order valence-electron chi connectivity index (χ0n) is 13.3. The van der Waals surface area contributed by atoms with Gasteiger partial charge < -0.3 is 0 Å². The summed E-state index contributed by atoms with van der Waals surface area (Å²) < 4.78 is 25.9. The summed E-state index contributed by atoms with van der Waals surface area (Å²) in [6.45, 7) is 0.779. The molecule has 3 aromatic heterocycles. The molecule has 1 saturated heterocycles. The molecule has 1 atom stereocenters. The summed E-state index contributed by atoms with van der Waals surface area (Å²) in [5.41, 5.74) is 2.03. The minimum atomic E-state index is -3.56. The molecule has 1 aliphatic rings. The summed E-state index contributed by atoms with van der Waals surface area (Å²) in [6, 6.07) is 3.61. The molecule has 0 spiro atoms. The van der Waals surface area contributed by atoms with E-state index < -0.39 is 15.8 Å². The Kier molecular flexibility index (Phi) is 3.82. The molecule has 128 valence electrons. The highest BCUT2D eigenvalue weighted by molar-refractivity contribution is 7.89. The summed E-state index contributed by atoms with van der Waals surface area (Å²) in [7, 11) is -3.56. The summed E-state index contributed by atoms with van der Waals surface area (Å²) in [5.74, 6) is -0.516. The molecule has 1 unspecified atom stereocenters. The number of aromatic amines is 1. The van der Waals surface area contributed by atoms with Crippen molar-refractivity contribution in [3.05, 3.63) is 24.0 Å². The van der Waals surface area contributed by atoms with Gasteiger partial charge in [0.1, 0.15) is 0 Å². The van der Waals surface area contributed by atoms with Gasteiger partial charge in [0.15, 0.2) is 17.0 Å². The lowest BCUT2D eigenvalue weighted by atomic mass is 9.90. The Bertz CT molecular complexity index is 1090. The Hall–Kier alpha value is -2.64. The van der Waals surface area contributed by atoms with E-state index in [1.807, 2.05) is 6.07 Å². The van der Waals surface area contributed by atoms with Crippen molar-refractivity contribution in [2.45, 2.75) is 18.8 Å². The third-order valence-electron chi connectivity index (χ3n) is 4.56. The number of nitrogens with zero attached hydrogens (tertiary/aromatic N) is 6. The van der Waals surface area contributed by atoms with E-state index in [0.29, 0.717) is 24.4 Å². The molecule has 1 N–H and O–H groups in total.